The minimum absolute atomic E-state index is 0.143. The molecule has 0 aliphatic rings. The summed E-state index contributed by atoms with van der Waals surface area (Å²) < 4.78 is 13.4. The van der Waals surface area contributed by atoms with Crippen LogP contribution in [-0.2, 0) is 6.54 Å². The van der Waals surface area contributed by atoms with E-state index in [1.54, 1.807) is 12.1 Å². The Morgan fingerprint density at radius 1 is 1.33 bits per heavy atom. The lowest BCUT2D eigenvalue weighted by Crippen LogP contribution is -2.28. The highest BCUT2D eigenvalue weighted by molar-refractivity contribution is 7.10. The number of hydrogen-bond acceptors (Lipinski definition) is 3. The number of halogens is 1. The third-order valence-corrected chi connectivity index (χ3v) is 3.52. The summed E-state index contributed by atoms with van der Waals surface area (Å²) in [5, 5.41) is 7.03. The van der Waals surface area contributed by atoms with Crippen LogP contribution in [0.3, 0.4) is 0 Å². The van der Waals surface area contributed by atoms with E-state index in [0.717, 1.165) is 10.4 Å². The number of anilines is 1. The second-order valence-electron chi connectivity index (χ2n) is 4.05. The van der Waals surface area contributed by atoms with Gasteiger partial charge in [0.1, 0.15) is 5.82 Å². The van der Waals surface area contributed by atoms with Gasteiger partial charge >= 0.3 is 6.03 Å². The molecule has 108 valence electrons. The van der Waals surface area contributed by atoms with Crippen molar-refractivity contribution in [2.45, 2.75) is 6.54 Å². The number of amides is 2. The number of hydrogen-bond donors (Lipinski definition) is 3. The fourth-order valence-electron chi connectivity index (χ4n) is 1.62. The summed E-state index contributed by atoms with van der Waals surface area (Å²) in [6.07, 6.45) is 0. The lowest BCUT2D eigenvalue weighted by atomic mass is 10.2. The average Bonchev–Trinajstić information content (AvgIpc) is 2.93. The average molecular weight is 303 g/mol. The van der Waals surface area contributed by atoms with E-state index in [9.17, 15) is 9.18 Å². The number of urea groups is 1. The summed E-state index contributed by atoms with van der Waals surface area (Å²) in [5.74, 6) is 5.24. The standard InChI is InChI=1S/C15H14FN3OS/c16-12-5-1-2-6-13(12)19-15(20)18-10-14-11(4-3-8-17)7-9-21-14/h1-2,5-7,9H,8,10,17H2,(H2,18,19,20). The molecule has 4 nitrogen and oxygen atoms in total. The van der Waals surface area contributed by atoms with Gasteiger partial charge in [-0.3, -0.25) is 0 Å². The molecule has 1 aromatic heterocycles. The molecule has 0 radical (unpaired) electrons. The molecule has 4 N–H and O–H groups in total. The van der Waals surface area contributed by atoms with Gasteiger partial charge in [-0.15, -0.1) is 11.3 Å². The Hall–Kier alpha value is -2.36. The SMILES string of the molecule is NCC#Cc1ccsc1CNC(=O)Nc1ccccc1F. The van der Waals surface area contributed by atoms with Crippen molar-refractivity contribution in [3.8, 4) is 11.8 Å². The number of carbonyl (C=O) groups excluding carboxylic acids is 1. The Kier molecular flexibility index (Phi) is 5.32. The highest BCUT2D eigenvalue weighted by atomic mass is 32.1. The molecule has 0 bridgehead atoms. The van der Waals surface area contributed by atoms with Crippen LogP contribution in [0.5, 0.6) is 0 Å². The molecule has 21 heavy (non-hydrogen) atoms. The van der Waals surface area contributed by atoms with Crippen molar-refractivity contribution in [1.29, 1.82) is 0 Å². The smallest absolute Gasteiger partial charge is 0.319 e. The van der Waals surface area contributed by atoms with E-state index < -0.39 is 11.8 Å². The van der Waals surface area contributed by atoms with Crippen LogP contribution < -0.4 is 16.4 Å². The number of benzene rings is 1. The molecular weight excluding hydrogens is 289 g/mol. The summed E-state index contributed by atoms with van der Waals surface area (Å²) in [5.41, 5.74) is 6.32. The summed E-state index contributed by atoms with van der Waals surface area (Å²) in [6.45, 7) is 0.614. The van der Waals surface area contributed by atoms with Crippen LogP contribution in [0.25, 0.3) is 0 Å². The predicted octanol–water partition coefficient (Wildman–Crippen LogP) is 2.52. The monoisotopic (exact) mass is 303 g/mol. The Morgan fingerprint density at radius 2 is 2.14 bits per heavy atom. The van der Waals surface area contributed by atoms with Crippen molar-refractivity contribution in [3.63, 3.8) is 0 Å². The molecule has 2 aromatic rings. The quantitative estimate of drug-likeness (QED) is 0.763. The largest absolute Gasteiger partial charge is 0.333 e. The van der Waals surface area contributed by atoms with Gasteiger partial charge < -0.3 is 16.4 Å². The minimum atomic E-state index is -0.474. The maximum absolute atomic E-state index is 13.4. The molecule has 0 unspecified atom stereocenters. The van der Waals surface area contributed by atoms with Gasteiger partial charge in [-0.25, -0.2) is 9.18 Å². The van der Waals surface area contributed by atoms with E-state index in [0.29, 0.717) is 6.54 Å². The molecule has 0 aliphatic heterocycles. The fraction of sp³-hybridized carbons (Fsp3) is 0.133. The van der Waals surface area contributed by atoms with Crippen LogP contribution in [0.2, 0.25) is 0 Å². The second-order valence-corrected chi connectivity index (χ2v) is 5.05. The van der Waals surface area contributed by atoms with Crippen molar-refractivity contribution in [1.82, 2.24) is 5.32 Å². The van der Waals surface area contributed by atoms with E-state index in [-0.39, 0.29) is 12.2 Å². The second kappa shape index (κ2) is 7.43. The van der Waals surface area contributed by atoms with Gasteiger partial charge in [0.25, 0.3) is 0 Å². The summed E-state index contributed by atoms with van der Waals surface area (Å²) >= 11 is 1.49. The van der Waals surface area contributed by atoms with Crippen molar-refractivity contribution in [2.75, 3.05) is 11.9 Å². The Labute approximate surface area is 126 Å². The number of carbonyl (C=O) groups is 1. The molecular formula is C15H14FN3OS. The third kappa shape index (κ3) is 4.31. The van der Waals surface area contributed by atoms with E-state index in [1.165, 1.54) is 23.5 Å². The first-order valence-corrected chi connectivity index (χ1v) is 7.13. The van der Waals surface area contributed by atoms with Gasteiger partial charge in [0.05, 0.1) is 18.8 Å². The summed E-state index contributed by atoms with van der Waals surface area (Å²) in [7, 11) is 0. The van der Waals surface area contributed by atoms with Gasteiger partial charge in [0.15, 0.2) is 0 Å². The Balaban J connectivity index is 1.93. The lowest BCUT2D eigenvalue weighted by Gasteiger charge is -2.07. The van der Waals surface area contributed by atoms with E-state index in [4.69, 9.17) is 5.73 Å². The summed E-state index contributed by atoms with van der Waals surface area (Å²) in [4.78, 5) is 12.7. The van der Waals surface area contributed by atoms with Crippen LogP contribution in [0.15, 0.2) is 35.7 Å². The van der Waals surface area contributed by atoms with Crippen LogP contribution in [0.4, 0.5) is 14.9 Å². The van der Waals surface area contributed by atoms with E-state index in [2.05, 4.69) is 22.5 Å². The van der Waals surface area contributed by atoms with Crippen LogP contribution in [0.1, 0.15) is 10.4 Å². The molecule has 0 fully saturated rings. The first-order valence-electron chi connectivity index (χ1n) is 6.25. The molecule has 1 aromatic carbocycles. The van der Waals surface area contributed by atoms with Gasteiger partial charge in [0, 0.05) is 10.4 Å². The molecule has 1 heterocycles. The number of rotatable bonds is 3. The molecule has 0 saturated carbocycles. The van der Waals surface area contributed by atoms with E-state index >= 15 is 0 Å². The highest BCUT2D eigenvalue weighted by Crippen LogP contribution is 2.16. The number of nitrogens with one attached hydrogen (secondary N) is 2. The van der Waals surface area contributed by atoms with Gasteiger partial charge in [0.2, 0.25) is 0 Å². The van der Waals surface area contributed by atoms with E-state index in [1.807, 2.05) is 11.4 Å². The molecule has 0 atom stereocenters. The van der Waals surface area contributed by atoms with Crippen molar-refractivity contribution in [2.24, 2.45) is 5.73 Å². The topological polar surface area (TPSA) is 67.1 Å². The van der Waals surface area contributed by atoms with Crippen LogP contribution in [0, 0.1) is 17.7 Å². The van der Waals surface area contributed by atoms with Crippen LogP contribution in [-0.4, -0.2) is 12.6 Å². The summed E-state index contributed by atoms with van der Waals surface area (Å²) in [6, 6.07) is 7.41. The third-order valence-electron chi connectivity index (χ3n) is 2.60. The minimum Gasteiger partial charge on any atom is -0.333 e. The first kappa shape index (κ1) is 15.0. The molecule has 6 heteroatoms. The molecule has 0 saturated heterocycles. The molecule has 2 rings (SSSR count). The Bertz CT molecular complexity index is 687. The number of nitrogens with two attached hydrogens (primary N) is 1. The van der Waals surface area contributed by atoms with Gasteiger partial charge in [-0.2, -0.15) is 0 Å². The zero-order valence-corrected chi connectivity index (χ0v) is 12.0. The normalized spacial score (nSPS) is 9.62. The first-order chi connectivity index (χ1) is 10.2. The highest BCUT2D eigenvalue weighted by Gasteiger charge is 2.07. The molecule has 0 spiro atoms. The van der Waals surface area contributed by atoms with Crippen molar-refractivity contribution >= 4 is 23.1 Å². The maximum Gasteiger partial charge on any atom is 0.319 e. The maximum atomic E-state index is 13.4. The van der Waals surface area contributed by atoms with Crippen molar-refractivity contribution in [3.05, 3.63) is 52.0 Å². The zero-order chi connectivity index (χ0) is 15.1. The fourth-order valence-corrected chi connectivity index (χ4v) is 2.39. The van der Waals surface area contributed by atoms with Gasteiger partial charge in [-0.05, 0) is 23.6 Å². The van der Waals surface area contributed by atoms with Gasteiger partial charge in [-0.1, -0.05) is 24.0 Å². The van der Waals surface area contributed by atoms with Crippen LogP contribution >= 0.6 is 11.3 Å². The van der Waals surface area contributed by atoms with Crippen molar-refractivity contribution < 1.29 is 9.18 Å². The predicted molar refractivity (Wildman–Crippen MR) is 82.5 cm³/mol. The zero-order valence-electron chi connectivity index (χ0n) is 11.2. The number of para-hydroxylation sites is 1. The molecule has 0 aliphatic carbocycles. The number of thiophene rings is 1. The molecule has 2 amide bonds. The Morgan fingerprint density at radius 3 is 2.90 bits per heavy atom. The lowest BCUT2D eigenvalue weighted by molar-refractivity contribution is 0.251.